The quantitative estimate of drug-likeness (QED) is 0.408. The summed E-state index contributed by atoms with van der Waals surface area (Å²) in [5.74, 6) is 0.0181. The van der Waals surface area contributed by atoms with Crippen LogP contribution in [0.2, 0.25) is 10.0 Å². The van der Waals surface area contributed by atoms with Gasteiger partial charge in [0.05, 0.1) is 22.3 Å². The van der Waals surface area contributed by atoms with Crippen LogP contribution in [0.5, 0.6) is 5.75 Å². The summed E-state index contributed by atoms with van der Waals surface area (Å²) >= 11 is 12.1. The maximum absolute atomic E-state index is 12.7. The number of amides is 1. The summed E-state index contributed by atoms with van der Waals surface area (Å²) < 4.78 is 5.70. The minimum Gasteiger partial charge on any atom is -0.493 e. The van der Waals surface area contributed by atoms with Crippen LogP contribution in [0.4, 0.5) is 5.69 Å². The smallest absolute Gasteiger partial charge is 0.266 e. The fourth-order valence-electron chi connectivity index (χ4n) is 2.79. The first-order chi connectivity index (χ1) is 13.5. The Hall–Kier alpha value is -3.00. The van der Waals surface area contributed by atoms with Crippen molar-refractivity contribution in [2.75, 3.05) is 11.9 Å². The number of carbonyl (C=O) groups excluding carboxylic acids is 1. The number of carbonyl (C=O) groups is 1. The molecule has 3 aromatic rings. The zero-order valence-corrected chi connectivity index (χ0v) is 16.5. The lowest BCUT2D eigenvalue weighted by atomic mass is 10.0. The predicted molar refractivity (Wildman–Crippen MR) is 114 cm³/mol. The zero-order valence-electron chi connectivity index (χ0n) is 15.0. The summed E-state index contributed by atoms with van der Waals surface area (Å²) in [6.45, 7) is 2.34. The van der Waals surface area contributed by atoms with E-state index in [2.05, 4.69) is 5.32 Å². The maximum atomic E-state index is 12.7. The molecule has 0 aliphatic rings. The third-order valence-electron chi connectivity index (χ3n) is 4.08. The first-order valence-corrected chi connectivity index (χ1v) is 9.32. The van der Waals surface area contributed by atoms with Gasteiger partial charge in [-0.2, -0.15) is 5.26 Å². The molecule has 4 nitrogen and oxygen atoms in total. The van der Waals surface area contributed by atoms with Gasteiger partial charge >= 0.3 is 0 Å². The molecule has 6 heteroatoms. The van der Waals surface area contributed by atoms with Crippen LogP contribution in [-0.4, -0.2) is 12.5 Å². The van der Waals surface area contributed by atoms with E-state index in [4.69, 9.17) is 27.9 Å². The van der Waals surface area contributed by atoms with Gasteiger partial charge in [-0.15, -0.1) is 0 Å². The van der Waals surface area contributed by atoms with Crippen LogP contribution < -0.4 is 10.1 Å². The van der Waals surface area contributed by atoms with Gasteiger partial charge in [0, 0.05) is 5.56 Å². The van der Waals surface area contributed by atoms with Crippen molar-refractivity contribution in [2.24, 2.45) is 0 Å². The van der Waals surface area contributed by atoms with Crippen molar-refractivity contribution in [1.29, 1.82) is 5.26 Å². The molecular formula is C22H16Cl2N2O2. The average Bonchev–Trinajstić information content (AvgIpc) is 2.70. The SMILES string of the molecule is CCOc1ccc2ccccc2c1/C=C(/C#N)C(=O)Nc1cccc(Cl)c1Cl. The van der Waals surface area contributed by atoms with Crippen LogP contribution in [0.25, 0.3) is 16.8 Å². The molecular weight excluding hydrogens is 395 g/mol. The van der Waals surface area contributed by atoms with E-state index in [0.717, 1.165) is 10.8 Å². The molecule has 3 rings (SSSR count). The molecule has 0 atom stereocenters. The van der Waals surface area contributed by atoms with E-state index in [-0.39, 0.29) is 10.6 Å². The van der Waals surface area contributed by atoms with Gasteiger partial charge in [-0.05, 0) is 42.0 Å². The summed E-state index contributed by atoms with van der Waals surface area (Å²) in [5.41, 5.74) is 0.931. The molecule has 0 radical (unpaired) electrons. The van der Waals surface area contributed by atoms with E-state index in [0.29, 0.717) is 28.6 Å². The fourth-order valence-corrected chi connectivity index (χ4v) is 3.14. The Bertz CT molecular complexity index is 1120. The number of hydrogen-bond donors (Lipinski definition) is 1. The Morgan fingerprint density at radius 3 is 2.68 bits per heavy atom. The third kappa shape index (κ3) is 4.12. The van der Waals surface area contributed by atoms with Gasteiger partial charge in [0.2, 0.25) is 0 Å². The molecule has 3 aromatic carbocycles. The van der Waals surface area contributed by atoms with Gasteiger partial charge in [0.1, 0.15) is 17.4 Å². The van der Waals surface area contributed by atoms with Gasteiger partial charge in [-0.1, -0.05) is 59.6 Å². The maximum Gasteiger partial charge on any atom is 0.266 e. The first-order valence-electron chi connectivity index (χ1n) is 8.57. The number of hydrogen-bond acceptors (Lipinski definition) is 3. The summed E-state index contributed by atoms with van der Waals surface area (Å²) in [7, 11) is 0. The summed E-state index contributed by atoms with van der Waals surface area (Å²) in [6, 6.07) is 18.3. The Labute approximate surface area is 172 Å². The minimum atomic E-state index is -0.581. The summed E-state index contributed by atoms with van der Waals surface area (Å²) in [5, 5.41) is 14.6. The molecule has 0 saturated heterocycles. The van der Waals surface area contributed by atoms with Gasteiger partial charge in [-0.3, -0.25) is 4.79 Å². The number of halogens is 2. The molecule has 28 heavy (non-hydrogen) atoms. The Kier molecular flexibility index (Phi) is 6.20. The predicted octanol–water partition coefficient (Wildman–Crippen LogP) is 6.09. The molecule has 1 N–H and O–H groups in total. The molecule has 0 aliphatic carbocycles. The number of rotatable bonds is 5. The Morgan fingerprint density at radius 2 is 1.93 bits per heavy atom. The van der Waals surface area contributed by atoms with Gasteiger partial charge in [-0.25, -0.2) is 0 Å². The van der Waals surface area contributed by atoms with Crippen molar-refractivity contribution >= 4 is 51.6 Å². The number of anilines is 1. The van der Waals surface area contributed by atoms with E-state index in [1.165, 1.54) is 6.08 Å². The minimum absolute atomic E-state index is 0.0756. The van der Waals surface area contributed by atoms with Crippen LogP contribution in [0.1, 0.15) is 12.5 Å². The summed E-state index contributed by atoms with van der Waals surface area (Å²) in [4.78, 5) is 12.7. The molecule has 1 amide bonds. The molecule has 140 valence electrons. The molecule has 0 unspecified atom stereocenters. The molecule has 0 aromatic heterocycles. The molecule has 0 bridgehead atoms. The monoisotopic (exact) mass is 410 g/mol. The first kappa shape index (κ1) is 19.8. The van der Waals surface area contributed by atoms with Crippen molar-refractivity contribution in [3.8, 4) is 11.8 Å². The van der Waals surface area contributed by atoms with E-state index < -0.39 is 5.91 Å². The van der Waals surface area contributed by atoms with Crippen LogP contribution >= 0.6 is 23.2 Å². The zero-order chi connectivity index (χ0) is 20.1. The second-order valence-corrected chi connectivity index (χ2v) is 6.64. The lowest BCUT2D eigenvalue weighted by Crippen LogP contribution is -2.14. The molecule has 0 spiro atoms. The van der Waals surface area contributed by atoms with Crippen molar-refractivity contribution in [3.05, 3.63) is 75.8 Å². The normalized spacial score (nSPS) is 11.1. The summed E-state index contributed by atoms with van der Waals surface area (Å²) in [6.07, 6.45) is 1.53. The van der Waals surface area contributed by atoms with Crippen LogP contribution in [0.15, 0.2) is 60.2 Å². The van der Waals surface area contributed by atoms with Crippen molar-refractivity contribution in [3.63, 3.8) is 0 Å². The van der Waals surface area contributed by atoms with E-state index >= 15 is 0 Å². The van der Waals surface area contributed by atoms with E-state index in [1.807, 2.05) is 49.4 Å². The highest BCUT2D eigenvalue weighted by atomic mass is 35.5. The van der Waals surface area contributed by atoms with Crippen molar-refractivity contribution in [1.82, 2.24) is 0 Å². The second-order valence-electron chi connectivity index (χ2n) is 5.86. The number of ether oxygens (including phenoxy) is 1. The topological polar surface area (TPSA) is 62.1 Å². The van der Waals surface area contributed by atoms with Crippen molar-refractivity contribution < 1.29 is 9.53 Å². The standard InChI is InChI=1S/C22H16Cl2N2O2/c1-2-28-20-11-10-14-6-3-4-7-16(14)17(20)12-15(13-25)22(27)26-19-9-5-8-18(23)21(19)24/h3-12H,2H2,1H3,(H,26,27)/b15-12-. The molecule has 0 aliphatic heterocycles. The highest BCUT2D eigenvalue weighted by Crippen LogP contribution is 2.32. The fraction of sp³-hybridized carbons (Fsp3) is 0.0909. The highest BCUT2D eigenvalue weighted by molar-refractivity contribution is 6.44. The number of nitriles is 1. The largest absolute Gasteiger partial charge is 0.493 e. The highest BCUT2D eigenvalue weighted by Gasteiger charge is 2.15. The molecule has 0 saturated carbocycles. The Balaban J connectivity index is 2.05. The van der Waals surface area contributed by atoms with Gasteiger partial charge in [0.25, 0.3) is 5.91 Å². The number of fused-ring (bicyclic) bond motifs is 1. The Morgan fingerprint density at radius 1 is 1.14 bits per heavy atom. The average molecular weight is 411 g/mol. The van der Waals surface area contributed by atoms with E-state index in [9.17, 15) is 10.1 Å². The number of nitrogens with one attached hydrogen (secondary N) is 1. The molecule has 0 fully saturated rings. The lowest BCUT2D eigenvalue weighted by Gasteiger charge is -2.12. The van der Waals surface area contributed by atoms with Crippen molar-refractivity contribution in [2.45, 2.75) is 6.92 Å². The van der Waals surface area contributed by atoms with Crippen LogP contribution in [0, 0.1) is 11.3 Å². The van der Waals surface area contributed by atoms with E-state index in [1.54, 1.807) is 18.2 Å². The van der Waals surface area contributed by atoms with Gasteiger partial charge in [0.15, 0.2) is 0 Å². The lowest BCUT2D eigenvalue weighted by molar-refractivity contribution is -0.112. The number of benzene rings is 3. The molecule has 0 heterocycles. The van der Waals surface area contributed by atoms with Crippen LogP contribution in [0.3, 0.4) is 0 Å². The van der Waals surface area contributed by atoms with Crippen LogP contribution in [-0.2, 0) is 4.79 Å². The number of nitrogens with zero attached hydrogens (tertiary/aromatic N) is 1. The second kappa shape index (κ2) is 8.79. The third-order valence-corrected chi connectivity index (χ3v) is 4.90. The van der Waals surface area contributed by atoms with Gasteiger partial charge < -0.3 is 10.1 Å².